The number of nitriles is 1. The lowest BCUT2D eigenvalue weighted by molar-refractivity contribution is 0.185. The molecule has 3 aromatic rings. The number of allylic oxidation sites excluding steroid dienone is 1. The number of ether oxygens (including phenoxy) is 1. The van der Waals surface area contributed by atoms with Gasteiger partial charge in [-0.2, -0.15) is 5.26 Å². The van der Waals surface area contributed by atoms with E-state index in [9.17, 15) is 4.39 Å². The molecule has 0 radical (unpaired) electrons. The Bertz CT molecular complexity index is 1340. The van der Waals surface area contributed by atoms with Gasteiger partial charge in [-0.15, -0.1) is 0 Å². The Hall–Kier alpha value is -3.44. The number of para-hydroxylation sites is 1. The molecule has 5 rings (SSSR count). The number of aromatic nitrogens is 1. The summed E-state index contributed by atoms with van der Waals surface area (Å²) in [5, 5.41) is 10.2. The van der Waals surface area contributed by atoms with Gasteiger partial charge in [0, 0.05) is 66.5 Å². The molecule has 0 saturated carbocycles. The maximum atomic E-state index is 15.9. The lowest BCUT2D eigenvalue weighted by Gasteiger charge is -2.43. The molecule has 1 N–H and O–H groups in total. The van der Waals surface area contributed by atoms with Crippen molar-refractivity contribution in [3.63, 3.8) is 0 Å². The van der Waals surface area contributed by atoms with E-state index in [4.69, 9.17) is 10.00 Å². The van der Waals surface area contributed by atoms with Crippen LogP contribution in [-0.4, -0.2) is 53.2 Å². The van der Waals surface area contributed by atoms with Gasteiger partial charge in [0.05, 0.1) is 18.3 Å². The quantitative estimate of drug-likeness (QED) is 0.353. The Morgan fingerprint density at radius 3 is 2.74 bits per heavy atom. The summed E-state index contributed by atoms with van der Waals surface area (Å²) in [6.07, 6.45) is 2.37. The number of rotatable bonds is 9. The van der Waals surface area contributed by atoms with Crippen LogP contribution in [0.4, 0.5) is 13.2 Å². The second-order valence-corrected chi connectivity index (χ2v) is 10.3. The van der Waals surface area contributed by atoms with Gasteiger partial charge in [0.1, 0.15) is 29.5 Å². The monoisotopic (exact) mass is 522 g/mol. The SMILES string of the molecule is C=C(CCC#N)N1[C@H](c2c(F)cc(O[C@@H]3CCN(CCCF)C3)cc2F)c2[nH]c3ccccc3c2C[C@H]1C. The normalized spacial score (nSPS) is 21.4. The van der Waals surface area contributed by atoms with Gasteiger partial charge < -0.3 is 14.6 Å². The zero-order valence-corrected chi connectivity index (χ0v) is 21.7. The van der Waals surface area contributed by atoms with Crippen LogP contribution in [0.5, 0.6) is 5.75 Å². The molecular weight excluding hydrogens is 489 g/mol. The van der Waals surface area contributed by atoms with Gasteiger partial charge in [0.2, 0.25) is 0 Å². The van der Waals surface area contributed by atoms with Crippen molar-refractivity contribution in [1.29, 1.82) is 5.26 Å². The van der Waals surface area contributed by atoms with Crippen LogP contribution in [0.2, 0.25) is 0 Å². The van der Waals surface area contributed by atoms with Gasteiger partial charge in [0.25, 0.3) is 0 Å². The maximum Gasteiger partial charge on any atom is 0.135 e. The molecule has 1 fully saturated rings. The first-order chi connectivity index (χ1) is 18.4. The van der Waals surface area contributed by atoms with Crippen molar-refractivity contribution < 1.29 is 17.9 Å². The molecule has 0 spiro atoms. The van der Waals surface area contributed by atoms with Crippen molar-refractivity contribution in [3.05, 3.63) is 77.1 Å². The fourth-order valence-electron chi connectivity index (χ4n) is 6.03. The van der Waals surface area contributed by atoms with Crippen LogP contribution in [0.3, 0.4) is 0 Å². The molecule has 2 aromatic carbocycles. The number of benzene rings is 2. The summed E-state index contributed by atoms with van der Waals surface area (Å²) in [5.74, 6) is -1.22. The highest BCUT2D eigenvalue weighted by Gasteiger charge is 2.39. The fourth-order valence-corrected chi connectivity index (χ4v) is 6.03. The zero-order chi connectivity index (χ0) is 26.8. The van der Waals surface area contributed by atoms with Crippen molar-refractivity contribution in [2.24, 2.45) is 0 Å². The summed E-state index contributed by atoms with van der Waals surface area (Å²) in [7, 11) is 0. The van der Waals surface area contributed by atoms with Crippen LogP contribution in [0.25, 0.3) is 10.9 Å². The largest absolute Gasteiger partial charge is 0.489 e. The predicted molar refractivity (Wildman–Crippen MR) is 142 cm³/mol. The van der Waals surface area contributed by atoms with Crippen molar-refractivity contribution in [2.75, 3.05) is 26.3 Å². The number of halogens is 3. The number of alkyl halides is 1. The van der Waals surface area contributed by atoms with Crippen LogP contribution >= 0.6 is 0 Å². The Morgan fingerprint density at radius 1 is 1.24 bits per heavy atom. The number of nitrogens with one attached hydrogen (secondary N) is 1. The molecule has 0 bridgehead atoms. The van der Waals surface area contributed by atoms with E-state index in [1.807, 2.05) is 36.1 Å². The number of fused-ring (bicyclic) bond motifs is 3. The molecule has 2 aliphatic rings. The smallest absolute Gasteiger partial charge is 0.135 e. The third-order valence-corrected chi connectivity index (χ3v) is 7.73. The zero-order valence-electron chi connectivity index (χ0n) is 21.7. The summed E-state index contributed by atoms with van der Waals surface area (Å²) >= 11 is 0. The average molecular weight is 523 g/mol. The van der Waals surface area contributed by atoms with Crippen LogP contribution in [0.15, 0.2) is 48.7 Å². The fraction of sp³-hybridized carbons (Fsp3) is 0.433. The summed E-state index contributed by atoms with van der Waals surface area (Å²) < 4.78 is 50.3. The number of hydrogen-bond acceptors (Lipinski definition) is 4. The third kappa shape index (κ3) is 5.00. The van der Waals surface area contributed by atoms with E-state index in [1.165, 1.54) is 12.1 Å². The molecule has 5 nitrogen and oxygen atoms in total. The summed E-state index contributed by atoms with van der Waals surface area (Å²) in [6.45, 7) is 7.90. The lowest BCUT2D eigenvalue weighted by atomic mass is 9.87. The minimum absolute atomic E-state index is 0.0641. The highest BCUT2D eigenvalue weighted by molar-refractivity contribution is 5.85. The van der Waals surface area contributed by atoms with E-state index < -0.39 is 17.7 Å². The molecule has 38 heavy (non-hydrogen) atoms. The van der Waals surface area contributed by atoms with Crippen LogP contribution in [0, 0.1) is 23.0 Å². The third-order valence-electron chi connectivity index (χ3n) is 7.73. The topological polar surface area (TPSA) is 55.3 Å². The molecule has 0 aliphatic carbocycles. The first kappa shape index (κ1) is 26.2. The van der Waals surface area contributed by atoms with Crippen LogP contribution in [-0.2, 0) is 6.42 Å². The van der Waals surface area contributed by atoms with Crippen molar-refractivity contribution in [2.45, 2.75) is 57.2 Å². The first-order valence-corrected chi connectivity index (χ1v) is 13.3. The number of likely N-dealkylation sites (tertiary alicyclic amines) is 1. The summed E-state index contributed by atoms with van der Waals surface area (Å²) in [6, 6.07) is 11.7. The number of hydrogen-bond donors (Lipinski definition) is 1. The van der Waals surface area contributed by atoms with Crippen LogP contribution in [0.1, 0.15) is 55.5 Å². The maximum absolute atomic E-state index is 15.9. The Balaban J connectivity index is 1.51. The molecule has 1 saturated heterocycles. The second kappa shape index (κ2) is 11.1. The average Bonchev–Trinajstić information content (AvgIpc) is 3.49. The van der Waals surface area contributed by atoms with Gasteiger partial charge in [-0.3, -0.25) is 9.29 Å². The van der Waals surface area contributed by atoms with Gasteiger partial charge in [-0.1, -0.05) is 24.8 Å². The molecule has 0 unspecified atom stereocenters. The van der Waals surface area contributed by atoms with Gasteiger partial charge in [0.15, 0.2) is 0 Å². The minimum atomic E-state index is -0.760. The highest BCUT2D eigenvalue weighted by atomic mass is 19.1. The van der Waals surface area contributed by atoms with E-state index in [1.54, 1.807) is 0 Å². The molecule has 0 amide bonds. The molecule has 1 aromatic heterocycles. The minimum Gasteiger partial charge on any atom is -0.489 e. The van der Waals surface area contributed by atoms with Crippen molar-refractivity contribution in [1.82, 2.24) is 14.8 Å². The first-order valence-electron chi connectivity index (χ1n) is 13.3. The summed E-state index contributed by atoms with van der Waals surface area (Å²) in [5.41, 5.74) is 3.31. The highest BCUT2D eigenvalue weighted by Crippen LogP contribution is 2.45. The van der Waals surface area contributed by atoms with E-state index in [0.29, 0.717) is 38.0 Å². The van der Waals surface area contributed by atoms with Crippen molar-refractivity contribution in [3.8, 4) is 11.8 Å². The number of aromatic amines is 1. The van der Waals surface area contributed by atoms with Gasteiger partial charge >= 0.3 is 0 Å². The van der Waals surface area contributed by atoms with E-state index in [0.717, 1.165) is 35.1 Å². The van der Waals surface area contributed by atoms with Gasteiger partial charge in [-0.05, 0) is 44.2 Å². The lowest BCUT2D eigenvalue weighted by Crippen LogP contribution is -2.42. The molecular formula is C30H33F3N4O. The standard InChI is InChI=1S/C30H33F3N4O/c1-19(7-5-12-34)37-20(2)15-24-23-8-3-4-9-27(23)35-29(24)30(37)28-25(32)16-22(17-26(28)33)38-21-10-14-36(18-21)13-6-11-31/h3-4,8-9,16-17,20-21,30,35H,1,5-7,10-11,13-15,18H2,2H3/t20-,21-,30-/m1/s1. The van der Waals surface area contributed by atoms with E-state index >= 15 is 8.78 Å². The molecule has 3 atom stereocenters. The van der Waals surface area contributed by atoms with Gasteiger partial charge in [-0.25, -0.2) is 8.78 Å². The molecule has 3 heterocycles. The molecule has 2 aliphatic heterocycles. The predicted octanol–water partition coefficient (Wildman–Crippen LogP) is 6.41. The Kier molecular flexibility index (Phi) is 7.66. The summed E-state index contributed by atoms with van der Waals surface area (Å²) in [4.78, 5) is 7.49. The van der Waals surface area contributed by atoms with Crippen LogP contribution < -0.4 is 4.74 Å². The number of H-pyrrole nitrogens is 1. The van der Waals surface area contributed by atoms with Crippen molar-refractivity contribution >= 4 is 10.9 Å². The second-order valence-electron chi connectivity index (χ2n) is 10.3. The van der Waals surface area contributed by atoms with E-state index in [2.05, 4.69) is 22.5 Å². The molecule has 200 valence electrons. The number of nitrogens with zero attached hydrogens (tertiary/aromatic N) is 3. The Morgan fingerprint density at radius 2 is 2.00 bits per heavy atom. The Labute approximate surface area is 221 Å². The molecule has 8 heteroatoms. The van der Waals surface area contributed by atoms with E-state index in [-0.39, 0.29) is 36.6 Å².